The van der Waals surface area contributed by atoms with Gasteiger partial charge in [-0.1, -0.05) is 42.5 Å². The lowest BCUT2D eigenvalue weighted by molar-refractivity contribution is -0.117. The maximum atomic E-state index is 12.1. The number of rotatable bonds is 6. The molecule has 4 aromatic rings. The molecular weight excluding hydrogens is 392 g/mol. The molecule has 1 aliphatic heterocycles. The zero-order valence-electron chi connectivity index (χ0n) is 17.1. The van der Waals surface area contributed by atoms with Crippen LogP contribution >= 0.6 is 0 Å². The van der Waals surface area contributed by atoms with Crippen molar-refractivity contribution in [3.8, 4) is 11.5 Å². The summed E-state index contributed by atoms with van der Waals surface area (Å²) in [4.78, 5) is 16.2. The molecule has 1 amide bonds. The van der Waals surface area contributed by atoms with E-state index in [-0.39, 0.29) is 11.9 Å². The smallest absolute Gasteiger partial charge is 0.229 e. The molecular formula is C24H22N4O3. The highest BCUT2D eigenvalue weighted by molar-refractivity contribution is 5.91. The van der Waals surface area contributed by atoms with Gasteiger partial charge in [-0.05, 0) is 47.0 Å². The summed E-state index contributed by atoms with van der Waals surface area (Å²) in [6.07, 6.45) is 1.73. The molecule has 0 fully saturated rings. The Hall–Kier alpha value is -3.87. The topological polar surface area (TPSA) is 78.3 Å². The average Bonchev–Trinajstić information content (AvgIpc) is 3.26. The second-order valence-electron chi connectivity index (χ2n) is 7.41. The molecule has 5 rings (SSSR count). The van der Waals surface area contributed by atoms with Crippen molar-refractivity contribution in [1.82, 2.24) is 14.8 Å². The van der Waals surface area contributed by atoms with Crippen LogP contribution in [-0.4, -0.2) is 27.3 Å². The van der Waals surface area contributed by atoms with Crippen molar-refractivity contribution >= 4 is 22.6 Å². The van der Waals surface area contributed by atoms with Crippen LogP contribution in [0.4, 0.5) is 5.95 Å². The van der Waals surface area contributed by atoms with Gasteiger partial charge in [0.25, 0.3) is 0 Å². The number of amides is 1. The third-order valence-corrected chi connectivity index (χ3v) is 5.36. The largest absolute Gasteiger partial charge is 0.490 e. The number of carbonyl (C=O) groups is 1. The number of carbonyl (C=O) groups excluding carboxylic acids is 1. The molecule has 1 aromatic heterocycles. The molecule has 1 N–H and O–H groups in total. The van der Waals surface area contributed by atoms with Gasteiger partial charge in [0.1, 0.15) is 12.9 Å². The van der Waals surface area contributed by atoms with Crippen LogP contribution < -0.4 is 14.8 Å². The van der Waals surface area contributed by atoms with E-state index in [0.717, 1.165) is 11.1 Å². The Morgan fingerprint density at radius 3 is 2.77 bits per heavy atom. The van der Waals surface area contributed by atoms with E-state index in [9.17, 15) is 4.79 Å². The first kappa shape index (κ1) is 19.1. The minimum absolute atomic E-state index is 0.0832. The number of nitrogens with one attached hydrogen (secondary N) is 1. The zero-order chi connectivity index (χ0) is 21.2. The van der Waals surface area contributed by atoms with Crippen molar-refractivity contribution in [2.75, 3.05) is 11.9 Å². The van der Waals surface area contributed by atoms with E-state index < -0.39 is 0 Å². The number of hydrogen-bond donors (Lipinski definition) is 1. The molecule has 0 saturated carbocycles. The second kappa shape index (κ2) is 8.10. The molecule has 7 heteroatoms. The quantitative estimate of drug-likeness (QED) is 0.508. The summed E-state index contributed by atoms with van der Waals surface area (Å²) < 4.78 is 13.7. The molecule has 156 valence electrons. The highest BCUT2D eigenvalue weighted by Crippen LogP contribution is 2.35. The van der Waals surface area contributed by atoms with Gasteiger partial charge in [0.05, 0.1) is 19.1 Å². The normalized spacial score (nSPS) is 15.4. The van der Waals surface area contributed by atoms with E-state index in [1.165, 1.54) is 17.1 Å². The summed E-state index contributed by atoms with van der Waals surface area (Å²) >= 11 is 0. The fraction of sp³-hybridized carbons (Fsp3) is 0.208. The first-order valence-electron chi connectivity index (χ1n) is 10.3. The molecule has 1 aliphatic rings. The van der Waals surface area contributed by atoms with Crippen LogP contribution in [0.25, 0.3) is 10.8 Å². The zero-order valence-corrected chi connectivity index (χ0v) is 17.1. The van der Waals surface area contributed by atoms with E-state index in [1.54, 1.807) is 4.68 Å². The standard InChI is InChI=1S/C24H22N4O3/c1-2-30-22-12-19(20-13-23(29)27-24-25-15-26-28(20)24)9-10-21(22)31-14-16-7-8-17-5-3-4-6-18(17)11-16/h3-12,15,20H,2,13-14H2,1H3,(H,25,26,27,29)/t20-/m1/s1. The van der Waals surface area contributed by atoms with Gasteiger partial charge in [-0.15, -0.1) is 0 Å². The molecule has 3 aromatic carbocycles. The number of aromatic nitrogens is 3. The number of benzene rings is 3. The Morgan fingerprint density at radius 2 is 1.90 bits per heavy atom. The van der Waals surface area contributed by atoms with Crippen LogP contribution in [0.3, 0.4) is 0 Å². The SMILES string of the molecule is CCOc1cc([C@H]2CC(=O)Nc3ncnn32)ccc1OCc1ccc2ccccc2c1. The minimum atomic E-state index is -0.236. The Kier molecular flexibility index (Phi) is 5.00. The van der Waals surface area contributed by atoms with Crippen LogP contribution in [0, 0.1) is 0 Å². The first-order chi connectivity index (χ1) is 15.2. The molecule has 0 spiro atoms. The average molecular weight is 414 g/mol. The number of nitrogens with zero attached hydrogens (tertiary/aromatic N) is 3. The summed E-state index contributed by atoms with van der Waals surface area (Å²) in [6, 6.07) is 20.1. The van der Waals surface area contributed by atoms with Gasteiger partial charge in [0.2, 0.25) is 11.9 Å². The van der Waals surface area contributed by atoms with E-state index in [4.69, 9.17) is 9.47 Å². The maximum Gasteiger partial charge on any atom is 0.229 e. The lowest BCUT2D eigenvalue weighted by Gasteiger charge is -2.24. The predicted molar refractivity (Wildman–Crippen MR) is 117 cm³/mol. The summed E-state index contributed by atoms with van der Waals surface area (Å²) in [5.74, 6) is 1.68. The Balaban J connectivity index is 1.40. The van der Waals surface area contributed by atoms with Gasteiger partial charge in [0, 0.05) is 0 Å². The third kappa shape index (κ3) is 3.82. The van der Waals surface area contributed by atoms with Crippen LogP contribution in [0.15, 0.2) is 67.0 Å². The minimum Gasteiger partial charge on any atom is -0.490 e. The molecule has 0 aliphatic carbocycles. The fourth-order valence-electron chi connectivity index (χ4n) is 3.87. The third-order valence-electron chi connectivity index (χ3n) is 5.36. The number of anilines is 1. The predicted octanol–water partition coefficient (Wildman–Crippen LogP) is 4.34. The maximum absolute atomic E-state index is 12.1. The summed E-state index contributed by atoms with van der Waals surface area (Å²) in [6.45, 7) is 2.88. The van der Waals surface area contributed by atoms with E-state index in [0.29, 0.717) is 37.1 Å². The summed E-state index contributed by atoms with van der Waals surface area (Å²) in [5, 5.41) is 9.39. The van der Waals surface area contributed by atoms with E-state index in [2.05, 4.69) is 45.7 Å². The summed E-state index contributed by atoms with van der Waals surface area (Å²) in [7, 11) is 0. The molecule has 7 nitrogen and oxygen atoms in total. The Bertz CT molecular complexity index is 1250. The summed E-state index contributed by atoms with van der Waals surface area (Å²) in [5.41, 5.74) is 2.00. The van der Waals surface area contributed by atoms with Gasteiger partial charge in [-0.3, -0.25) is 10.1 Å². The lowest BCUT2D eigenvalue weighted by Crippen LogP contribution is -2.29. The molecule has 0 bridgehead atoms. The fourth-order valence-corrected chi connectivity index (χ4v) is 3.87. The number of ether oxygens (including phenoxy) is 2. The molecule has 0 radical (unpaired) electrons. The molecule has 31 heavy (non-hydrogen) atoms. The molecule has 0 unspecified atom stereocenters. The van der Waals surface area contributed by atoms with Crippen molar-refractivity contribution in [2.45, 2.75) is 26.0 Å². The second-order valence-corrected chi connectivity index (χ2v) is 7.41. The highest BCUT2D eigenvalue weighted by Gasteiger charge is 2.28. The van der Waals surface area contributed by atoms with Gasteiger partial charge >= 0.3 is 0 Å². The monoisotopic (exact) mass is 414 g/mol. The van der Waals surface area contributed by atoms with Gasteiger partial charge in [0.15, 0.2) is 11.5 Å². The van der Waals surface area contributed by atoms with E-state index in [1.807, 2.05) is 37.3 Å². The van der Waals surface area contributed by atoms with Gasteiger partial charge < -0.3 is 9.47 Å². The van der Waals surface area contributed by atoms with Gasteiger partial charge in [-0.2, -0.15) is 10.1 Å². The first-order valence-corrected chi connectivity index (χ1v) is 10.3. The molecule has 1 atom stereocenters. The molecule has 2 heterocycles. The van der Waals surface area contributed by atoms with Crippen molar-refractivity contribution in [3.63, 3.8) is 0 Å². The van der Waals surface area contributed by atoms with Crippen LogP contribution in [-0.2, 0) is 11.4 Å². The van der Waals surface area contributed by atoms with E-state index >= 15 is 0 Å². The van der Waals surface area contributed by atoms with Crippen molar-refractivity contribution in [2.24, 2.45) is 0 Å². The van der Waals surface area contributed by atoms with Crippen molar-refractivity contribution in [3.05, 3.63) is 78.1 Å². The van der Waals surface area contributed by atoms with Crippen LogP contribution in [0.1, 0.15) is 30.5 Å². The highest BCUT2D eigenvalue weighted by atomic mass is 16.5. The Morgan fingerprint density at radius 1 is 1.03 bits per heavy atom. The number of hydrogen-bond acceptors (Lipinski definition) is 5. The van der Waals surface area contributed by atoms with Crippen molar-refractivity contribution in [1.29, 1.82) is 0 Å². The van der Waals surface area contributed by atoms with Gasteiger partial charge in [-0.25, -0.2) is 4.68 Å². The van der Waals surface area contributed by atoms with Crippen LogP contribution in [0.2, 0.25) is 0 Å². The van der Waals surface area contributed by atoms with Crippen molar-refractivity contribution < 1.29 is 14.3 Å². The lowest BCUT2D eigenvalue weighted by atomic mass is 10.0. The molecule has 0 saturated heterocycles. The van der Waals surface area contributed by atoms with Crippen LogP contribution in [0.5, 0.6) is 11.5 Å². The Labute approximate surface area is 179 Å². The number of fused-ring (bicyclic) bond motifs is 2.